The molecule has 3 N–H and O–H groups in total. The van der Waals surface area contributed by atoms with Crippen molar-refractivity contribution in [2.75, 3.05) is 11.1 Å². The molecule has 1 aromatic heterocycles. The number of amides is 1. The van der Waals surface area contributed by atoms with Crippen molar-refractivity contribution in [1.82, 2.24) is 4.98 Å². The molecule has 1 heterocycles. The van der Waals surface area contributed by atoms with Crippen LogP contribution in [0.25, 0.3) is 0 Å². The quantitative estimate of drug-likeness (QED) is 0.903. The Morgan fingerprint density at radius 2 is 1.90 bits per heavy atom. The van der Waals surface area contributed by atoms with Gasteiger partial charge >= 0.3 is 0 Å². The van der Waals surface area contributed by atoms with E-state index in [1.54, 1.807) is 12.1 Å². The molecule has 0 spiro atoms. The topological polar surface area (TPSA) is 68.0 Å². The second-order valence-electron chi connectivity index (χ2n) is 5.63. The molecule has 1 aromatic carbocycles. The summed E-state index contributed by atoms with van der Waals surface area (Å²) in [5.74, 6) is 0.422. The first kappa shape index (κ1) is 15.0. The van der Waals surface area contributed by atoms with Crippen LogP contribution in [0.3, 0.4) is 0 Å². The molecule has 2 rings (SSSR count). The Morgan fingerprint density at radius 3 is 2.52 bits per heavy atom. The molecule has 21 heavy (non-hydrogen) atoms. The number of benzene rings is 1. The lowest BCUT2D eigenvalue weighted by Crippen LogP contribution is -2.14. The number of hydrogen-bond donors (Lipinski definition) is 2. The number of nitrogens with two attached hydrogens (primary N) is 1. The summed E-state index contributed by atoms with van der Waals surface area (Å²) in [5.41, 5.74) is 10.2. The Kier molecular flexibility index (Phi) is 4.26. The Morgan fingerprint density at radius 1 is 1.19 bits per heavy atom. The molecule has 0 fully saturated rings. The number of rotatable bonds is 3. The maximum atomic E-state index is 12.4. The zero-order chi connectivity index (χ0) is 15.6. The number of aryl methyl sites for hydroxylation is 2. The summed E-state index contributed by atoms with van der Waals surface area (Å²) in [5, 5.41) is 2.92. The largest absolute Gasteiger partial charge is 0.384 e. The molecule has 4 nitrogen and oxygen atoms in total. The number of aromatic nitrogens is 1. The highest BCUT2D eigenvalue weighted by Gasteiger charge is 2.12. The van der Waals surface area contributed by atoms with Crippen LogP contribution in [0.5, 0.6) is 0 Å². The van der Waals surface area contributed by atoms with Gasteiger partial charge in [0, 0.05) is 16.9 Å². The lowest BCUT2D eigenvalue weighted by atomic mass is 10.1. The predicted octanol–water partition coefficient (Wildman–Crippen LogP) is 3.66. The number of nitrogens with one attached hydrogen (secondary N) is 1. The van der Waals surface area contributed by atoms with Crippen molar-refractivity contribution in [3.05, 3.63) is 52.7 Å². The summed E-state index contributed by atoms with van der Waals surface area (Å²) in [6, 6.07) is 9.32. The number of pyridine rings is 1. The molecule has 0 atom stereocenters. The third kappa shape index (κ3) is 3.60. The minimum atomic E-state index is -0.169. The Hall–Kier alpha value is -2.36. The van der Waals surface area contributed by atoms with Gasteiger partial charge in [-0.3, -0.25) is 4.79 Å². The smallest absolute Gasteiger partial charge is 0.255 e. The van der Waals surface area contributed by atoms with Gasteiger partial charge in [-0.15, -0.1) is 0 Å². The summed E-state index contributed by atoms with van der Waals surface area (Å²) in [4.78, 5) is 16.6. The van der Waals surface area contributed by atoms with Crippen LogP contribution < -0.4 is 11.1 Å². The van der Waals surface area contributed by atoms with E-state index in [4.69, 9.17) is 5.73 Å². The summed E-state index contributed by atoms with van der Waals surface area (Å²) in [6.07, 6.45) is 0. The van der Waals surface area contributed by atoms with Crippen molar-refractivity contribution in [3.8, 4) is 0 Å². The van der Waals surface area contributed by atoms with Crippen molar-refractivity contribution in [2.45, 2.75) is 33.6 Å². The van der Waals surface area contributed by atoms with Gasteiger partial charge in [-0.2, -0.15) is 0 Å². The maximum Gasteiger partial charge on any atom is 0.255 e. The van der Waals surface area contributed by atoms with E-state index in [1.807, 2.05) is 45.9 Å². The zero-order valence-electron chi connectivity index (χ0n) is 12.9. The van der Waals surface area contributed by atoms with Crippen molar-refractivity contribution >= 4 is 17.4 Å². The lowest BCUT2D eigenvalue weighted by Gasteiger charge is -2.11. The van der Waals surface area contributed by atoms with E-state index < -0.39 is 0 Å². The van der Waals surface area contributed by atoms with Gasteiger partial charge in [-0.25, -0.2) is 4.98 Å². The van der Waals surface area contributed by atoms with Gasteiger partial charge in [0.1, 0.15) is 5.82 Å². The lowest BCUT2D eigenvalue weighted by molar-refractivity contribution is 0.102. The summed E-state index contributed by atoms with van der Waals surface area (Å²) < 4.78 is 0. The van der Waals surface area contributed by atoms with E-state index in [-0.39, 0.29) is 11.8 Å². The number of anilines is 2. The molecule has 0 radical (unpaired) electrons. The molecular formula is C17H21N3O. The van der Waals surface area contributed by atoms with Crippen LogP contribution >= 0.6 is 0 Å². The number of carbonyl (C=O) groups is 1. The van der Waals surface area contributed by atoms with Crippen molar-refractivity contribution in [2.24, 2.45) is 0 Å². The molecule has 1 amide bonds. The Bertz CT molecular complexity index is 678. The third-order valence-corrected chi connectivity index (χ3v) is 3.35. The molecule has 0 saturated carbocycles. The van der Waals surface area contributed by atoms with E-state index in [9.17, 15) is 4.79 Å². The Labute approximate surface area is 125 Å². The standard InChI is InChI=1S/C17H21N3O/c1-10(2)15-8-13(9-16(18)19-15)17(21)20-14-6-5-11(3)7-12(14)4/h5-10H,1-4H3,(H2,18,19)(H,20,21). The third-order valence-electron chi connectivity index (χ3n) is 3.35. The second-order valence-corrected chi connectivity index (χ2v) is 5.63. The normalized spacial score (nSPS) is 10.7. The fourth-order valence-corrected chi connectivity index (χ4v) is 2.15. The average Bonchev–Trinajstić information content (AvgIpc) is 2.41. The summed E-state index contributed by atoms with van der Waals surface area (Å²) in [6.45, 7) is 8.04. The molecule has 0 aliphatic rings. The van der Waals surface area contributed by atoms with Gasteiger partial charge in [0.15, 0.2) is 0 Å². The van der Waals surface area contributed by atoms with Gasteiger partial charge < -0.3 is 11.1 Å². The molecular weight excluding hydrogens is 262 g/mol. The monoisotopic (exact) mass is 283 g/mol. The molecule has 0 aliphatic carbocycles. The minimum absolute atomic E-state index is 0.169. The van der Waals surface area contributed by atoms with Gasteiger partial charge in [-0.05, 0) is 43.5 Å². The van der Waals surface area contributed by atoms with Gasteiger partial charge in [0.2, 0.25) is 0 Å². The van der Waals surface area contributed by atoms with Gasteiger partial charge in [0.05, 0.1) is 0 Å². The number of nitrogens with zero attached hydrogens (tertiary/aromatic N) is 1. The van der Waals surface area contributed by atoms with Crippen LogP contribution in [0.15, 0.2) is 30.3 Å². The average molecular weight is 283 g/mol. The van der Waals surface area contributed by atoms with Gasteiger partial charge in [-0.1, -0.05) is 31.5 Å². The van der Waals surface area contributed by atoms with Crippen LogP contribution in [0.4, 0.5) is 11.5 Å². The van der Waals surface area contributed by atoms with Crippen LogP contribution in [-0.2, 0) is 0 Å². The van der Waals surface area contributed by atoms with E-state index >= 15 is 0 Å². The predicted molar refractivity (Wildman–Crippen MR) is 86.6 cm³/mol. The van der Waals surface area contributed by atoms with Crippen molar-refractivity contribution in [1.29, 1.82) is 0 Å². The minimum Gasteiger partial charge on any atom is -0.384 e. The molecule has 4 heteroatoms. The van der Waals surface area contributed by atoms with Crippen LogP contribution in [0, 0.1) is 13.8 Å². The van der Waals surface area contributed by atoms with Crippen molar-refractivity contribution in [3.63, 3.8) is 0 Å². The highest BCUT2D eigenvalue weighted by Crippen LogP contribution is 2.19. The number of carbonyl (C=O) groups excluding carboxylic acids is 1. The van der Waals surface area contributed by atoms with E-state index in [0.29, 0.717) is 11.4 Å². The highest BCUT2D eigenvalue weighted by molar-refractivity contribution is 6.05. The van der Waals surface area contributed by atoms with E-state index in [2.05, 4.69) is 10.3 Å². The highest BCUT2D eigenvalue weighted by atomic mass is 16.1. The molecule has 110 valence electrons. The fraction of sp³-hybridized carbons (Fsp3) is 0.294. The first-order chi connectivity index (χ1) is 9.86. The first-order valence-electron chi connectivity index (χ1n) is 7.03. The summed E-state index contributed by atoms with van der Waals surface area (Å²) in [7, 11) is 0. The number of nitrogen functional groups attached to an aromatic ring is 1. The van der Waals surface area contributed by atoms with E-state index in [1.165, 1.54) is 5.56 Å². The molecule has 0 aliphatic heterocycles. The Balaban J connectivity index is 2.28. The second kappa shape index (κ2) is 5.95. The van der Waals surface area contributed by atoms with Crippen LogP contribution in [0.2, 0.25) is 0 Å². The maximum absolute atomic E-state index is 12.4. The number of hydrogen-bond acceptors (Lipinski definition) is 3. The SMILES string of the molecule is Cc1ccc(NC(=O)c2cc(N)nc(C(C)C)c2)c(C)c1. The van der Waals surface area contributed by atoms with Crippen LogP contribution in [0.1, 0.15) is 46.9 Å². The van der Waals surface area contributed by atoms with Crippen molar-refractivity contribution < 1.29 is 4.79 Å². The van der Waals surface area contributed by atoms with Gasteiger partial charge in [0.25, 0.3) is 5.91 Å². The molecule has 0 bridgehead atoms. The molecule has 0 unspecified atom stereocenters. The van der Waals surface area contributed by atoms with Crippen LogP contribution in [-0.4, -0.2) is 10.9 Å². The summed E-state index contributed by atoms with van der Waals surface area (Å²) >= 11 is 0. The van der Waals surface area contributed by atoms with E-state index in [0.717, 1.165) is 16.9 Å². The zero-order valence-corrected chi connectivity index (χ0v) is 12.9. The fourth-order valence-electron chi connectivity index (χ4n) is 2.15. The first-order valence-corrected chi connectivity index (χ1v) is 7.03. The molecule has 0 saturated heterocycles. The molecule has 2 aromatic rings.